The molecule has 184 valence electrons. The molecule has 3 aromatic rings. The first kappa shape index (κ1) is 24.2. The maximum atomic E-state index is 13.5. The van der Waals surface area contributed by atoms with Crippen LogP contribution in [0.5, 0.6) is 11.5 Å². The van der Waals surface area contributed by atoms with Gasteiger partial charge in [0.05, 0.1) is 25.3 Å². The molecule has 0 saturated heterocycles. The molecule has 2 heterocycles. The largest absolute Gasteiger partial charge is 0.493 e. The van der Waals surface area contributed by atoms with E-state index in [-0.39, 0.29) is 17.1 Å². The van der Waals surface area contributed by atoms with E-state index in [1.54, 1.807) is 20.3 Å². The molecule has 4 rings (SSSR count). The van der Waals surface area contributed by atoms with Gasteiger partial charge in [0.25, 0.3) is 5.56 Å². The Hall–Kier alpha value is -2.94. The summed E-state index contributed by atoms with van der Waals surface area (Å²) in [6, 6.07) is 5.60. The molecular weight excluding hydrogens is 432 g/mol. The lowest BCUT2D eigenvalue weighted by atomic mass is 9.91. The second-order valence-corrected chi connectivity index (χ2v) is 9.82. The van der Waals surface area contributed by atoms with Gasteiger partial charge in [-0.15, -0.1) is 5.10 Å². The normalized spacial score (nSPS) is 16.2. The van der Waals surface area contributed by atoms with Crippen molar-refractivity contribution in [2.75, 3.05) is 21.3 Å². The van der Waals surface area contributed by atoms with E-state index in [9.17, 15) is 4.79 Å². The van der Waals surface area contributed by atoms with Crippen LogP contribution in [0.25, 0.3) is 10.9 Å². The first-order valence-corrected chi connectivity index (χ1v) is 12.1. The van der Waals surface area contributed by atoms with Crippen LogP contribution in [0.4, 0.5) is 0 Å². The Morgan fingerprint density at radius 2 is 1.82 bits per heavy atom. The second-order valence-electron chi connectivity index (χ2n) is 9.82. The molecule has 9 heteroatoms. The quantitative estimate of drug-likeness (QED) is 0.533. The summed E-state index contributed by atoms with van der Waals surface area (Å²) >= 11 is 0. The number of aromatic nitrogens is 5. The van der Waals surface area contributed by atoms with Crippen molar-refractivity contribution < 1.29 is 9.47 Å². The minimum Gasteiger partial charge on any atom is -0.493 e. The van der Waals surface area contributed by atoms with Crippen LogP contribution in [0.1, 0.15) is 76.7 Å². The van der Waals surface area contributed by atoms with Gasteiger partial charge >= 0.3 is 0 Å². The van der Waals surface area contributed by atoms with E-state index in [1.165, 1.54) is 19.3 Å². The fraction of sp³-hybridized carbons (Fsp3) is 0.600. The average Bonchev–Trinajstić information content (AvgIpc) is 3.34. The number of methoxy groups -OCH3 is 2. The molecule has 0 bridgehead atoms. The van der Waals surface area contributed by atoms with E-state index in [0.29, 0.717) is 34.4 Å². The number of hydrogen-bond donors (Lipinski definition) is 1. The van der Waals surface area contributed by atoms with Crippen LogP contribution in [0.2, 0.25) is 0 Å². The summed E-state index contributed by atoms with van der Waals surface area (Å²) in [6.45, 7) is 6.35. The zero-order valence-corrected chi connectivity index (χ0v) is 21.1. The molecule has 0 amide bonds. The Balaban J connectivity index is 1.91. The zero-order chi connectivity index (χ0) is 24.5. The maximum absolute atomic E-state index is 13.5. The van der Waals surface area contributed by atoms with Gasteiger partial charge in [0, 0.05) is 23.1 Å². The van der Waals surface area contributed by atoms with E-state index in [2.05, 4.69) is 53.2 Å². The van der Waals surface area contributed by atoms with Crippen LogP contribution >= 0.6 is 0 Å². The number of H-pyrrole nitrogens is 1. The number of tetrazole rings is 1. The predicted octanol–water partition coefficient (Wildman–Crippen LogP) is 4.03. The highest BCUT2D eigenvalue weighted by Gasteiger charge is 2.35. The number of fused-ring (bicyclic) bond motifs is 1. The van der Waals surface area contributed by atoms with E-state index >= 15 is 0 Å². The Morgan fingerprint density at radius 3 is 2.47 bits per heavy atom. The Bertz CT molecular complexity index is 1200. The molecule has 1 fully saturated rings. The molecule has 0 radical (unpaired) electrons. The lowest BCUT2D eigenvalue weighted by Crippen LogP contribution is -2.42. The van der Waals surface area contributed by atoms with Gasteiger partial charge in [0.1, 0.15) is 6.04 Å². The van der Waals surface area contributed by atoms with Gasteiger partial charge in [0.2, 0.25) is 0 Å². The number of hydrogen-bond acceptors (Lipinski definition) is 7. The molecule has 9 nitrogen and oxygen atoms in total. The third-order valence-corrected chi connectivity index (χ3v) is 7.41. The van der Waals surface area contributed by atoms with E-state index in [4.69, 9.17) is 9.47 Å². The van der Waals surface area contributed by atoms with Crippen molar-refractivity contribution in [3.05, 3.63) is 39.9 Å². The smallest absolute Gasteiger partial charge is 0.253 e. The summed E-state index contributed by atoms with van der Waals surface area (Å²) in [5.74, 6) is 1.87. The predicted molar refractivity (Wildman–Crippen MR) is 132 cm³/mol. The first-order valence-electron chi connectivity index (χ1n) is 12.1. The summed E-state index contributed by atoms with van der Waals surface area (Å²) in [7, 11) is 5.29. The van der Waals surface area contributed by atoms with E-state index in [0.717, 1.165) is 24.6 Å². The van der Waals surface area contributed by atoms with Crippen molar-refractivity contribution in [1.82, 2.24) is 30.1 Å². The van der Waals surface area contributed by atoms with Crippen molar-refractivity contribution >= 4 is 10.9 Å². The van der Waals surface area contributed by atoms with Crippen molar-refractivity contribution in [2.24, 2.45) is 0 Å². The Labute approximate surface area is 200 Å². The fourth-order valence-corrected chi connectivity index (χ4v) is 4.94. The van der Waals surface area contributed by atoms with Crippen LogP contribution in [-0.2, 0) is 5.54 Å². The SMILES string of the molecule is CCC(C)(C)n1nnnc1C(c1cc2cc(OC)c(OC)cc2[nH]c1=O)N(C)C1CCCCC1. The summed E-state index contributed by atoms with van der Waals surface area (Å²) < 4.78 is 12.8. The van der Waals surface area contributed by atoms with Gasteiger partial charge in [-0.05, 0) is 62.7 Å². The van der Waals surface area contributed by atoms with Gasteiger partial charge in [-0.2, -0.15) is 0 Å². The minimum absolute atomic E-state index is 0.156. The number of nitrogens with zero attached hydrogens (tertiary/aromatic N) is 5. The summed E-state index contributed by atoms with van der Waals surface area (Å²) in [4.78, 5) is 18.9. The zero-order valence-electron chi connectivity index (χ0n) is 21.1. The van der Waals surface area contributed by atoms with Gasteiger partial charge < -0.3 is 14.5 Å². The number of ether oxygens (including phenoxy) is 2. The molecule has 34 heavy (non-hydrogen) atoms. The molecule has 1 aliphatic carbocycles. The number of benzene rings is 1. The third kappa shape index (κ3) is 4.41. The Morgan fingerprint density at radius 1 is 1.15 bits per heavy atom. The Kier molecular flexibility index (Phi) is 6.93. The topological polar surface area (TPSA) is 98.2 Å². The van der Waals surface area contributed by atoms with Crippen LogP contribution in [-0.4, -0.2) is 57.4 Å². The molecule has 1 aromatic carbocycles. The monoisotopic (exact) mass is 468 g/mol. The lowest BCUT2D eigenvalue weighted by Gasteiger charge is -2.37. The summed E-state index contributed by atoms with van der Waals surface area (Å²) in [5.41, 5.74) is 0.871. The molecule has 0 spiro atoms. The molecule has 1 atom stereocenters. The molecule has 0 aliphatic heterocycles. The van der Waals surface area contributed by atoms with Crippen LogP contribution < -0.4 is 15.0 Å². The second kappa shape index (κ2) is 9.74. The van der Waals surface area contributed by atoms with Gasteiger partial charge in [-0.1, -0.05) is 26.2 Å². The number of aromatic amines is 1. The molecule has 1 unspecified atom stereocenters. The summed E-state index contributed by atoms with van der Waals surface area (Å²) in [6.07, 6.45) is 6.70. The average molecular weight is 469 g/mol. The molecule has 1 N–H and O–H groups in total. The van der Waals surface area contributed by atoms with Crippen LogP contribution in [0.3, 0.4) is 0 Å². The number of pyridine rings is 1. The minimum atomic E-state index is -0.384. The van der Waals surface area contributed by atoms with Crippen molar-refractivity contribution in [1.29, 1.82) is 0 Å². The fourth-order valence-electron chi connectivity index (χ4n) is 4.94. The van der Waals surface area contributed by atoms with Crippen molar-refractivity contribution in [3.8, 4) is 11.5 Å². The molecular formula is C25H36N6O3. The van der Waals surface area contributed by atoms with Gasteiger partial charge in [-0.3, -0.25) is 9.69 Å². The number of rotatable bonds is 8. The van der Waals surface area contributed by atoms with Crippen LogP contribution in [0.15, 0.2) is 23.0 Å². The van der Waals surface area contributed by atoms with Crippen molar-refractivity contribution in [2.45, 2.75) is 76.9 Å². The highest BCUT2D eigenvalue weighted by atomic mass is 16.5. The van der Waals surface area contributed by atoms with Crippen molar-refractivity contribution in [3.63, 3.8) is 0 Å². The summed E-state index contributed by atoms with van der Waals surface area (Å²) in [5, 5.41) is 13.7. The standard InChI is InChI=1S/C25H36N6O3/c1-7-25(2,3)31-23(27-28-29-31)22(30(4)17-11-9-8-10-12-17)18-13-16-14-20(33-5)21(34-6)15-19(16)26-24(18)32/h13-15,17,22H,7-12H2,1-6H3,(H,26,32). The van der Waals surface area contributed by atoms with E-state index in [1.807, 2.05) is 16.8 Å². The number of nitrogens with one attached hydrogen (secondary N) is 1. The first-order chi connectivity index (χ1) is 16.3. The maximum Gasteiger partial charge on any atom is 0.253 e. The highest BCUT2D eigenvalue weighted by molar-refractivity contribution is 5.83. The molecule has 2 aromatic heterocycles. The van der Waals surface area contributed by atoms with E-state index < -0.39 is 0 Å². The third-order valence-electron chi connectivity index (χ3n) is 7.41. The highest BCUT2D eigenvalue weighted by Crippen LogP contribution is 2.36. The molecule has 1 saturated carbocycles. The lowest BCUT2D eigenvalue weighted by molar-refractivity contribution is 0.142. The van der Waals surface area contributed by atoms with Crippen LogP contribution in [0, 0.1) is 0 Å². The molecule has 1 aliphatic rings. The van der Waals surface area contributed by atoms with Gasteiger partial charge in [-0.25, -0.2) is 4.68 Å². The van der Waals surface area contributed by atoms with Gasteiger partial charge in [0.15, 0.2) is 17.3 Å².